The number of hydrogen-bond donors (Lipinski definition) is 0. The SMILES string of the molecule is O=c1c2ccc(Cl)cc2sc2cc3c(=O)c4ccc(Cl)cc4sc3cc12. The predicted molar refractivity (Wildman–Crippen MR) is 115 cm³/mol. The molecule has 0 fully saturated rings. The van der Waals surface area contributed by atoms with Crippen LogP contribution in [0.15, 0.2) is 58.1 Å². The Morgan fingerprint density at radius 2 is 0.923 bits per heavy atom. The molecule has 3 aromatic carbocycles. The van der Waals surface area contributed by atoms with Crippen LogP contribution < -0.4 is 10.9 Å². The minimum absolute atomic E-state index is 0.0434. The van der Waals surface area contributed by atoms with Crippen LogP contribution in [0, 0.1) is 0 Å². The number of benzene rings is 3. The summed E-state index contributed by atoms with van der Waals surface area (Å²) in [5.74, 6) is 0. The lowest BCUT2D eigenvalue weighted by Gasteiger charge is -2.05. The molecule has 5 aromatic rings. The topological polar surface area (TPSA) is 34.1 Å². The van der Waals surface area contributed by atoms with Gasteiger partial charge in [-0.2, -0.15) is 0 Å². The van der Waals surface area contributed by atoms with Crippen LogP contribution in [0.3, 0.4) is 0 Å². The lowest BCUT2D eigenvalue weighted by Crippen LogP contribution is -2.04. The minimum atomic E-state index is -0.0434. The third-order valence-electron chi connectivity index (χ3n) is 4.39. The van der Waals surface area contributed by atoms with Crippen LogP contribution in [0.5, 0.6) is 0 Å². The Morgan fingerprint density at radius 3 is 1.35 bits per heavy atom. The van der Waals surface area contributed by atoms with Gasteiger partial charge in [0.05, 0.1) is 0 Å². The van der Waals surface area contributed by atoms with E-state index in [1.807, 2.05) is 12.1 Å². The first-order chi connectivity index (χ1) is 12.5. The molecule has 0 spiro atoms. The molecule has 2 aromatic heterocycles. The Labute approximate surface area is 164 Å². The largest absolute Gasteiger partial charge is 0.289 e. The van der Waals surface area contributed by atoms with Gasteiger partial charge < -0.3 is 0 Å². The standard InChI is InChI=1S/C20H8Cl2O2S2/c21-9-1-3-11-15(5-9)25-17-8-14-18(7-13(17)19(11)23)26-16-6-10(22)2-4-12(16)20(14)24/h1-8H. The van der Waals surface area contributed by atoms with Gasteiger partial charge in [0, 0.05) is 50.4 Å². The molecule has 2 nitrogen and oxygen atoms in total. The summed E-state index contributed by atoms with van der Waals surface area (Å²) in [6.07, 6.45) is 0. The Morgan fingerprint density at radius 1 is 0.538 bits per heavy atom. The third kappa shape index (κ3) is 2.37. The lowest BCUT2D eigenvalue weighted by molar-refractivity contribution is 1.75. The fraction of sp³-hybridized carbons (Fsp3) is 0. The molecule has 126 valence electrons. The molecule has 0 radical (unpaired) electrons. The third-order valence-corrected chi connectivity index (χ3v) is 7.09. The summed E-state index contributed by atoms with van der Waals surface area (Å²) in [4.78, 5) is 25.8. The van der Waals surface area contributed by atoms with E-state index < -0.39 is 0 Å². The zero-order valence-corrected chi connectivity index (χ0v) is 16.2. The molecule has 0 bridgehead atoms. The van der Waals surface area contributed by atoms with Crippen molar-refractivity contribution in [1.82, 2.24) is 0 Å². The number of hydrogen-bond acceptors (Lipinski definition) is 4. The van der Waals surface area contributed by atoms with Crippen LogP contribution in [0.4, 0.5) is 0 Å². The molecule has 0 aliphatic rings. The normalized spacial score (nSPS) is 11.8. The predicted octanol–water partition coefficient (Wildman–Crippen LogP) is 6.45. The van der Waals surface area contributed by atoms with Gasteiger partial charge >= 0.3 is 0 Å². The summed E-state index contributed by atoms with van der Waals surface area (Å²) in [5.41, 5.74) is -0.0867. The summed E-state index contributed by atoms with van der Waals surface area (Å²) in [6.45, 7) is 0. The van der Waals surface area contributed by atoms with Crippen LogP contribution in [-0.4, -0.2) is 0 Å². The molecule has 0 amide bonds. The molecule has 0 aliphatic heterocycles. The first-order valence-electron chi connectivity index (χ1n) is 7.73. The Kier molecular flexibility index (Phi) is 3.59. The molecule has 26 heavy (non-hydrogen) atoms. The van der Waals surface area contributed by atoms with E-state index in [1.165, 1.54) is 22.7 Å². The molecule has 0 N–H and O–H groups in total. The van der Waals surface area contributed by atoms with Gasteiger partial charge in [-0.25, -0.2) is 0 Å². The molecule has 0 saturated heterocycles. The average molecular weight is 415 g/mol. The van der Waals surface area contributed by atoms with E-state index >= 15 is 0 Å². The van der Waals surface area contributed by atoms with E-state index in [0.29, 0.717) is 31.6 Å². The number of fused-ring (bicyclic) bond motifs is 4. The van der Waals surface area contributed by atoms with Crippen molar-refractivity contribution in [2.45, 2.75) is 0 Å². The number of rotatable bonds is 0. The van der Waals surface area contributed by atoms with Crippen molar-refractivity contribution in [3.05, 3.63) is 79.0 Å². The van der Waals surface area contributed by atoms with Crippen LogP contribution in [0.2, 0.25) is 10.0 Å². The summed E-state index contributed by atoms with van der Waals surface area (Å²) < 4.78 is 3.21. The fourth-order valence-corrected chi connectivity index (χ4v) is 5.88. The van der Waals surface area contributed by atoms with E-state index in [9.17, 15) is 9.59 Å². The van der Waals surface area contributed by atoms with Crippen molar-refractivity contribution in [3.63, 3.8) is 0 Å². The summed E-state index contributed by atoms with van der Waals surface area (Å²) >= 11 is 15.1. The fourth-order valence-electron chi connectivity index (χ4n) is 3.15. The molecule has 0 saturated carbocycles. The monoisotopic (exact) mass is 414 g/mol. The van der Waals surface area contributed by atoms with Crippen molar-refractivity contribution in [3.8, 4) is 0 Å². The van der Waals surface area contributed by atoms with E-state index in [4.69, 9.17) is 23.2 Å². The van der Waals surface area contributed by atoms with Gasteiger partial charge in [0.1, 0.15) is 0 Å². The van der Waals surface area contributed by atoms with Gasteiger partial charge in [-0.3, -0.25) is 9.59 Å². The quantitative estimate of drug-likeness (QED) is 0.273. The van der Waals surface area contributed by atoms with E-state index in [2.05, 4.69) is 0 Å². The Balaban J connectivity index is 2.00. The molecule has 5 rings (SSSR count). The second-order valence-electron chi connectivity index (χ2n) is 5.99. The number of halogens is 2. The van der Waals surface area contributed by atoms with Crippen LogP contribution in [-0.2, 0) is 0 Å². The van der Waals surface area contributed by atoms with Gasteiger partial charge in [0.2, 0.25) is 0 Å². The van der Waals surface area contributed by atoms with Gasteiger partial charge in [-0.1, -0.05) is 23.2 Å². The Hall–Kier alpha value is -1.98. The van der Waals surface area contributed by atoms with E-state index in [0.717, 1.165) is 18.8 Å². The van der Waals surface area contributed by atoms with E-state index in [-0.39, 0.29) is 10.9 Å². The van der Waals surface area contributed by atoms with Crippen LogP contribution in [0.1, 0.15) is 0 Å². The van der Waals surface area contributed by atoms with Gasteiger partial charge in [-0.15, -0.1) is 22.7 Å². The van der Waals surface area contributed by atoms with E-state index in [1.54, 1.807) is 36.4 Å². The smallest absolute Gasteiger partial charge is 0.195 e. The highest BCUT2D eigenvalue weighted by Crippen LogP contribution is 2.33. The minimum Gasteiger partial charge on any atom is -0.289 e. The highest BCUT2D eigenvalue weighted by atomic mass is 35.5. The van der Waals surface area contributed by atoms with Crippen molar-refractivity contribution < 1.29 is 0 Å². The highest BCUT2D eigenvalue weighted by Gasteiger charge is 2.12. The summed E-state index contributed by atoms with van der Waals surface area (Å²) in [5, 5.41) is 3.69. The maximum absolute atomic E-state index is 12.9. The van der Waals surface area contributed by atoms with Gasteiger partial charge in [0.25, 0.3) is 0 Å². The van der Waals surface area contributed by atoms with Gasteiger partial charge in [0.15, 0.2) is 10.9 Å². The Bertz CT molecular complexity index is 1380. The highest BCUT2D eigenvalue weighted by molar-refractivity contribution is 7.26. The first kappa shape index (κ1) is 16.2. The summed E-state index contributed by atoms with van der Waals surface area (Å²) in [6, 6.07) is 14.2. The van der Waals surface area contributed by atoms with Crippen LogP contribution in [0.25, 0.3) is 40.3 Å². The molecule has 6 heteroatoms. The molecular weight excluding hydrogens is 407 g/mol. The first-order valence-corrected chi connectivity index (χ1v) is 10.1. The maximum atomic E-state index is 12.9. The molecule has 2 heterocycles. The van der Waals surface area contributed by atoms with Crippen LogP contribution >= 0.6 is 45.9 Å². The van der Waals surface area contributed by atoms with Gasteiger partial charge in [-0.05, 0) is 48.5 Å². The molecule has 0 unspecified atom stereocenters. The van der Waals surface area contributed by atoms with Crippen molar-refractivity contribution in [2.75, 3.05) is 0 Å². The summed E-state index contributed by atoms with van der Waals surface area (Å²) in [7, 11) is 0. The van der Waals surface area contributed by atoms with Crippen molar-refractivity contribution >= 4 is 86.2 Å². The molecular formula is C20H8Cl2O2S2. The second-order valence-corrected chi connectivity index (χ2v) is 9.03. The molecule has 0 aliphatic carbocycles. The maximum Gasteiger partial charge on any atom is 0.195 e. The lowest BCUT2D eigenvalue weighted by atomic mass is 10.1. The second kappa shape index (κ2) is 5.76. The van der Waals surface area contributed by atoms with Crippen molar-refractivity contribution in [1.29, 1.82) is 0 Å². The van der Waals surface area contributed by atoms with Crippen molar-refractivity contribution in [2.24, 2.45) is 0 Å². The zero-order valence-electron chi connectivity index (χ0n) is 13.0. The molecule has 0 atom stereocenters. The zero-order chi connectivity index (χ0) is 18.0. The average Bonchev–Trinajstić information content (AvgIpc) is 2.61.